The van der Waals surface area contributed by atoms with Gasteiger partial charge in [0.2, 0.25) is 0 Å². The fourth-order valence-electron chi connectivity index (χ4n) is 1.64. The van der Waals surface area contributed by atoms with Crippen molar-refractivity contribution < 1.29 is 4.79 Å². The fraction of sp³-hybridized carbons (Fsp3) is 0.769. The predicted octanol–water partition coefficient (Wildman–Crippen LogP) is 4.13. The van der Waals surface area contributed by atoms with Gasteiger partial charge in [-0.15, -0.1) is 0 Å². The van der Waals surface area contributed by atoms with Crippen molar-refractivity contribution in [2.45, 2.75) is 59.3 Å². The van der Waals surface area contributed by atoms with Crippen LogP contribution in [0, 0.1) is 5.92 Å². The van der Waals surface area contributed by atoms with Crippen LogP contribution in [-0.2, 0) is 4.79 Å². The minimum Gasteiger partial charge on any atom is -0.298 e. The number of rotatable bonds is 8. The Morgan fingerprint density at radius 2 is 1.93 bits per heavy atom. The second-order valence-corrected chi connectivity index (χ2v) is 3.92. The van der Waals surface area contributed by atoms with Crippen LogP contribution in [0.1, 0.15) is 59.3 Å². The van der Waals surface area contributed by atoms with E-state index in [1.807, 2.05) is 0 Å². The van der Waals surface area contributed by atoms with Crippen molar-refractivity contribution in [3.8, 4) is 0 Å². The molecule has 0 aromatic carbocycles. The normalized spacial score (nSPS) is 14.1. The van der Waals surface area contributed by atoms with Gasteiger partial charge in [0.1, 0.15) is 6.29 Å². The Morgan fingerprint density at radius 3 is 2.36 bits per heavy atom. The van der Waals surface area contributed by atoms with Crippen molar-refractivity contribution >= 4 is 6.29 Å². The summed E-state index contributed by atoms with van der Waals surface area (Å²) in [5.41, 5.74) is 1.01. The first-order chi connectivity index (χ1) is 6.78. The van der Waals surface area contributed by atoms with Gasteiger partial charge in [0, 0.05) is 0 Å². The fourth-order valence-corrected chi connectivity index (χ4v) is 1.64. The van der Waals surface area contributed by atoms with E-state index in [0.29, 0.717) is 5.92 Å². The van der Waals surface area contributed by atoms with Gasteiger partial charge in [-0.1, -0.05) is 39.7 Å². The maximum Gasteiger partial charge on any atom is 0.145 e. The van der Waals surface area contributed by atoms with Crippen molar-refractivity contribution in [1.82, 2.24) is 0 Å². The van der Waals surface area contributed by atoms with Crippen LogP contribution in [0.5, 0.6) is 0 Å². The molecule has 0 fully saturated rings. The molecular formula is C13H24O. The van der Waals surface area contributed by atoms with E-state index in [1.165, 1.54) is 12.8 Å². The zero-order chi connectivity index (χ0) is 10.8. The lowest BCUT2D eigenvalue weighted by Crippen LogP contribution is -1.97. The highest BCUT2D eigenvalue weighted by Gasteiger charge is 2.03. The highest BCUT2D eigenvalue weighted by molar-refractivity contribution is 5.73. The van der Waals surface area contributed by atoms with Gasteiger partial charge in [-0.3, -0.25) is 4.79 Å². The second-order valence-electron chi connectivity index (χ2n) is 3.92. The first kappa shape index (κ1) is 13.4. The summed E-state index contributed by atoms with van der Waals surface area (Å²) in [7, 11) is 0. The van der Waals surface area contributed by atoms with E-state index in [2.05, 4.69) is 26.8 Å². The molecule has 0 aliphatic heterocycles. The van der Waals surface area contributed by atoms with Gasteiger partial charge in [0.05, 0.1) is 0 Å². The maximum absolute atomic E-state index is 10.8. The highest BCUT2D eigenvalue weighted by atomic mass is 16.1. The molecule has 14 heavy (non-hydrogen) atoms. The Labute approximate surface area is 88.6 Å². The summed E-state index contributed by atoms with van der Waals surface area (Å²) < 4.78 is 0. The Bertz CT molecular complexity index is 170. The molecule has 0 aliphatic carbocycles. The van der Waals surface area contributed by atoms with Crippen LogP contribution in [0.25, 0.3) is 0 Å². The van der Waals surface area contributed by atoms with Crippen LogP contribution in [0.4, 0.5) is 0 Å². The van der Waals surface area contributed by atoms with Crippen LogP contribution in [-0.4, -0.2) is 6.29 Å². The summed E-state index contributed by atoms with van der Waals surface area (Å²) in [5.74, 6) is 0.608. The molecule has 0 amide bonds. The number of hydrogen-bond acceptors (Lipinski definition) is 1. The molecule has 1 heteroatoms. The molecule has 0 spiro atoms. The third-order valence-electron chi connectivity index (χ3n) is 2.60. The van der Waals surface area contributed by atoms with Crippen molar-refractivity contribution in [3.05, 3.63) is 11.6 Å². The number of aldehydes is 1. The summed E-state index contributed by atoms with van der Waals surface area (Å²) in [6, 6.07) is 0. The van der Waals surface area contributed by atoms with Crippen LogP contribution >= 0.6 is 0 Å². The SMILES string of the molecule is CCCC/C(C=O)=C\C(CC)CCC. The van der Waals surface area contributed by atoms with Gasteiger partial charge in [-0.05, 0) is 37.2 Å². The molecule has 0 aromatic heterocycles. The Hall–Kier alpha value is -0.590. The minimum absolute atomic E-state index is 0.608. The summed E-state index contributed by atoms with van der Waals surface area (Å²) in [5, 5.41) is 0. The maximum atomic E-state index is 10.8. The van der Waals surface area contributed by atoms with Crippen molar-refractivity contribution in [2.75, 3.05) is 0 Å². The van der Waals surface area contributed by atoms with Gasteiger partial charge in [-0.25, -0.2) is 0 Å². The number of carbonyl (C=O) groups is 1. The summed E-state index contributed by atoms with van der Waals surface area (Å²) in [6.45, 7) is 6.55. The third kappa shape index (κ3) is 5.95. The number of unbranched alkanes of at least 4 members (excludes halogenated alkanes) is 1. The Balaban J connectivity index is 4.14. The minimum atomic E-state index is 0.608. The molecule has 1 atom stereocenters. The quantitative estimate of drug-likeness (QED) is 0.421. The molecule has 0 aliphatic rings. The van der Waals surface area contributed by atoms with Gasteiger partial charge >= 0.3 is 0 Å². The van der Waals surface area contributed by atoms with Crippen molar-refractivity contribution in [3.63, 3.8) is 0 Å². The Morgan fingerprint density at radius 1 is 1.21 bits per heavy atom. The van der Waals surface area contributed by atoms with Gasteiger partial charge in [0.15, 0.2) is 0 Å². The standard InChI is InChI=1S/C13H24O/c1-4-7-9-13(11-14)10-12(6-3)8-5-2/h10-12H,4-9H2,1-3H3/b13-10+. The molecule has 0 bridgehead atoms. The molecule has 0 saturated heterocycles. The molecule has 0 radical (unpaired) electrons. The zero-order valence-electron chi connectivity index (χ0n) is 9.88. The smallest absolute Gasteiger partial charge is 0.145 e. The molecule has 0 saturated carbocycles. The van der Waals surface area contributed by atoms with E-state index in [-0.39, 0.29) is 0 Å². The van der Waals surface area contributed by atoms with Crippen LogP contribution in [0.2, 0.25) is 0 Å². The number of carbonyl (C=O) groups excluding carboxylic acids is 1. The topological polar surface area (TPSA) is 17.1 Å². The first-order valence-electron chi connectivity index (χ1n) is 5.94. The van der Waals surface area contributed by atoms with Gasteiger partial charge in [-0.2, -0.15) is 0 Å². The molecule has 1 nitrogen and oxygen atoms in total. The van der Waals surface area contributed by atoms with E-state index in [9.17, 15) is 4.79 Å². The van der Waals surface area contributed by atoms with E-state index >= 15 is 0 Å². The monoisotopic (exact) mass is 196 g/mol. The molecular weight excluding hydrogens is 172 g/mol. The van der Waals surface area contributed by atoms with Gasteiger partial charge in [0.25, 0.3) is 0 Å². The summed E-state index contributed by atoms with van der Waals surface area (Å²) in [4.78, 5) is 10.8. The first-order valence-corrected chi connectivity index (χ1v) is 5.94. The lowest BCUT2D eigenvalue weighted by atomic mass is 9.96. The predicted molar refractivity (Wildman–Crippen MR) is 62.4 cm³/mol. The average molecular weight is 196 g/mol. The van der Waals surface area contributed by atoms with Crippen LogP contribution < -0.4 is 0 Å². The largest absolute Gasteiger partial charge is 0.298 e. The molecule has 0 heterocycles. The highest BCUT2D eigenvalue weighted by Crippen LogP contribution is 2.16. The number of allylic oxidation sites excluding steroid dienone is 2. The number of hydrogen-bond donors (Lipinski definition) is 0. The lowest BCUT2D eigenvalue weighted by Gasteiger charge is -2.09. The molecule has 1 unspecified atom stereocenters. The lowest BCUT2D eigenvalue weighted by molar-refractivity contribution is -0.105. The summed E-state index contributed by atoms with van der Waals surface area (Å²) in [6.07, 6.45) is 10.0. The molecule has 82 valence electrons. The van der Waals surface area contributed by atoms with Crippen molar-refractivity contribution in [2.24, 2.45) is 5.92 Å². The van der Waals surface area contributed by atoms with Crippen LogP contribution in [0.15, 0.2) is 11.6 Å². The second kappa shape index (κ2) is 8.98. The third-order valence-corrected chi connectivity index (χ3v) is 2.60. The van der Waals surface area contributed by atoms with E-state index < -0.39 is 0 Å². The molecule has 0 N–H and O–H groups in total. The van der Waals surface area contributed by atoms with Gasteiger partial charge < -0.3 is 0 Å². The Kier molecular flexibility index (Phi) is 8.61. The van der Waals surface area contributed by atoms with E-state index in [1.54, 1.807) is 0 Å². The zero-order valence-corrected chi connectivity index (χ0v) is 9.88. The molecule has 0 rings (SSSR count). The summed E-state index contributed by atoms with van der Waals surface area (Å²) >= 11 is 0. The molecule has 0 aromatic rings. The van der Waals surface area contributed by atoms with E-state index in [4.69, 9.17) is 0 Å². The van der Waals surface area contributed by atoms with Crippen LogP contribution in [0.3, 0.4) is 0 Å². The average Bonchev–Trinajstić information content (AvgIpc) is 2.22. The van der Waals surface area contributed by atoms with E-state index in [0.717, 1.165) is 37.5 Å². The van der Waals surface area contributed by atoms with Crippen molar-refractivity contribution in [1.29, 1.82) is 0 Å².